The van der Waals surface area contributed by atoms with Crippen LogP contribution in [0.2, 0.25) is 5.02 Å². The summed E-state index contributed by atoms with van der Waals surface area (Å²) in [5, 5.41) is 0.502. The van der Waals surface area contributed by atoms with Gasteiger partial charge in [0, 0.05) is 22.2 Å². The molecule has 2 nitrogen and oxygen atoms in total. The Bertz CT molecular complexity index is 666. The third-order valence-corrected chi connectivity index (χ3v) is 4.01. The van der Waals surface area contributed by atoms with E-state index in [0.29, 0.717) is 16.3 Å². The summed E-state index contributed by atoms with van der Waals surface area (Å²) in [5.41, 5.74) is 6.65. The molecule has 0 aliphatic carbocycles. The fourth-order valence-electron chi connectivity index (χ4n) is 2.08. The largest absolute Gasteiger partial charge is 0.496 e. The highest BCUT2D eigenvalue weighted by Gasteiger charge is 2.19. The molecule has 0 amide bonds. The quantitative estimate of drug-likeness (QED) is 0.790. The lowest BCUT2D eigenvalue weighted by Gasteiger charge is -2.17. The van der Waals surface area contributed by atoms with Crippen LogP contribution >= 0.6 is 27.5 Å². The lowest BCUT2D eigenvalue weighted by molar-refractivity contribution is 0.404. The predicted molar refractivity (Wildman–Crippen MR) is 82.7 cm³/mol. The normalized spacial score (nSPS) is 12.3. The van der Waals surface area contributed by atoms with E-state index in [4.69, 9.17) is 22.1 Å². The van der Waals surface area contributed by atoms with Crippen molar-refractivity contribution >= 4 is 27.5 Å². The monoisotopic (exact) mass is 375 g/mol. The first-order chi connectivity index (χ1) is 9.93. The van der Waals surface area contributed by atoms with Crippen molar-refractivity contribution in [3.8, 4) is 5.75 Å². The molecular formula is C15H13BrClF2NO. The minimum atomic E-state index is -0.640. The van der Waals surface area contributed by atoms with Crippen LogP contribution in [0.4, 0.5) is 8.78 Å². The molecular weight excluding hydrogens is 364 g/mol. The molecule has 0 aliphatic rings. The fraction of sp³-hybridized carbons (Fsp3) is 0.200. The average molecular weight is 377 g/mol. The molecule has 0 saturated heterocycles. The van der Waals surface area contributed by atoms with Gasteiger partial charge in [0.15, 0.2) is 0 Å². The topological polar surface area (TPSA) is 35.2 Å². The summed E-state index contributed by atoms with van der Waals surface area (Å²) < 4.78 is 33.2. The van der Waals surface area contributed by atoms with Gasteiger partial charge in [-0.05, 0) is 46.6 Å². The molecule has 0 spiro atoms. The predicted octanol–water partition coefficient (Wildman–Crippen LogP) is 4.63. The van der Waals surface area contributed by atoms with Crippen molar-refractivity contribution in [1.29, 1.82) is 0 Å². The van der Waals surface area contributed by atoms with Crippen molar-refractivity contribution in [2.24, 2.45) is 5.73 Å². The van der Waals surface area contributed by atoms with E-state index in [1.165, 1.54) is 19.2 Å². The van der Waals surface area contributed by atoms with Crippen LogP contribution in [0.25, 0.3) is 0 Å². The van der Waals surface area contributed by atoms with Gasteiger partial charge < -0.3 is 10.5 Å². The molecule has 1 atom stereocenters. The zero-order valence-corrected chi connectivity index (χ0v) is 13.5. The minimum absolute atomic E-state index is 0.00903. The van der Waals surface area contributed by atoms with Crippen LogP contribution in [-0.2, 0) is 6.42 Å². The Hall–Kier alpha value is -1.17. The Balaban J connectivity index is 2.35. The molecule has 0 saturated carbocycles. The molecule has 0 heterocycles. The highest BCUT2D eigenvalue weighted by Crippen LogP contribution is 2.31. The Morgan fingerprint density at radius 2 is 2.00 bits per heavy atom. The summed E-state index contributed by atoms with van der Waals surface area (Å²) in [4.78, 5) is 0. The van der Waals surface area contributed by atoms with E-state index in [0.717, 1.165) is 0 Å². The SMILES string of the molecule is COc1cc(Cl)ccc1C(N)Cc1c(F)ccc(Br)c1F. The first-order valence-electron chi connectivity index (χ1n) is 6.15. The zero-order valence-electron chi connectivity index (χ0n) is 11.2. The summed E-state index contributed by atoms with van der Waals surface area (Å²) >= 11 is 8.92. The first-order valence-corrected chi connectivity index (χ1v) is 7.32. The number of hydrogen-bond donors (Lipinski definition) is 1. The summed E-state index contributed by atoms with van der Waals surface area (Å²) in [6.07, 6.45) is 0.00903. The molecule has 0 fully saturated rings. The highest BCUT2D eigenvalue weighted by molar-refractivity contribution is 9.10. The molecule has 0 aromatic heterocycles. The van der Waals surface area contributed by atoms with E-state index < -0.39 is 17.7 Å². The van der Waals surface area contributed by atoms with E-state index in [1.807, 2.05) is 0 Å². The summed E-state index contributed by atoms with van der Waals surface area (Å²) in [7, 11) is 1.49. The molecule has 6 heteroatoms. The van der Waals surface area contributed by atoms with Crippen molar-refractivity contribution in [1.82, 2.24) is 0 Å². The second-order valence-electron chi connectivity index (χ2n) is 4.52. The van der Waals surface area contributed by atoms with Crippen molar-refractivity contribution in [3.63, 3.8) is 0 Å². The van der Waals surface area contributed by atoms with Crippen LogP contribution in [0, 0.1) is 11.6 Å². The number of benzene rings is 2. The van der Waals surface area contributed by atoms with Crippen molar-refractivity contribution in [3.05, 3.63) is 62.6 Å². The molecule has 0 aliphatic heterocycles. The minimum Gasteiger partial charge on any atom is -0.496 e. The molecule has 2 rings (SSSR count). The zero-order chi connectivity index (χ0) is 15.6. The summed E-state index contributed by atoms with van der Waals surface area (Å²) in [5.74, 6) is -0.775. The standard InChI is InChI=1S/C15H13BrClF2NO/c1-21-14-6-8(17)2-3-9(14)13(20)7-10-12(18)5-4-11(16)15(10)19/h2-6,13H,7,20H2,1H3. The van der Waals surface area contributed by atoms with Gasteiger partial charge in [0.25, 0.3) is 0 Å². The van der Waals surface area contributed by atoms with Gasteiger partial charge in [0.1, 0.15) is 17.4 Å². The summed E-state index contributed by atoms with van der Waals surface area (Å²) in [6, 6.07) is 6.88. The van der Waals surface area contributed by atoms with Crippen LogP contribution in [0.3, 0.4) is 0 Å². The lowest BCUT2D eigenvalue weighted by atomic mass is 9.98. The number of rotatable bonds is 4. The van der Waals surface area contributed by atoms with E-state index in [-0.39, 0.29) is 16.5 Å². The maximum atomic E-state index is 14.0. The molecule has 2 aromatic rings. The molecule has 0 bridgehead atoms. The van der Waals surface area contributed by atoms with Crippen molar-refractivity contribution in [2.75, 3.05) is 7.11 Å². The van der Waals surface area contributed by atoms with Crippen LogP contribution in [0.1, 0.15) is 17.2 Å². The van der Waals surface area contributed by atoms with Gasteiger partial charge in [-0.3, -0.25) is 0 Å². The Morgan fingerprint density at radius 1 is 1.29 bits per heavy atom. The van der Waals surface area contributed by atoms with Gasteiger partial charge >= 0.3 is 0 Å². The molecule has 21 heavy (non-hydrogen) atoms. The highest BCUT2D eigenvalue weighted by atomic mass is 79.9. The number of methoxy groups -OCH3 is 1. The number of halogens is 4. The Labute approximate surface area is 135 Å². The molecule has 2 N–H and O–H groups in total. The summed E-state index contributed by atoms with van der Waals surface area (Å²) in [6.45, 7) is 0. The average Bonchev–Trinajstić information content (AvgIpc) is 2.47. The molecule has 112 valence electrons. The van der Waals surface area contributed by atoms with Crippen LogP contribution in [0.5, 0.6) is 5.75 Å². The van der Waals surface area contributed by atoms with Gasteiger partial charge in [0.05, 0.1) is 11.6 Å². The number of nitrogens with two attached hydrogens (primary N) is 1. The van der Waals surface area contributed by atoms with E-state index in [1.54, 1.807) is 18.2 Å². The molecule has 2 aromatic carbocycles. The van der Waals surface area contributed by atoms with Crippen molar-refractivity contribution < 1.29 is 13.5 Å². The van der Waals surface area contributed by atoms with E-state index in [2.05, 4.69) is 15.9 Å². The van der Waals surface area contributed by atoms with Gasteiger partial charge in [0.2, 0.25) is 0 Å². The van der Waals surface area contributed by atoms with E-state index >= 15 is 0 Å². The maximum absolute atomic E-state index is 14.0. The van der Waals surface area contributed by atoms with Gasteiger partial charge in [-0.1, -0.05) is 17.7 Å². The maximum Gasteiger partial charge on any atom is 0.143 e. The number of ether oxygens (including phenoxy) is 1. The number of hydrogen-bond acceptors (Lipinski definition) is 2. The Kier molecular flexibility index (Phi) is 5.19. The third kappa shape index (κ3) is 3.54. The van der Waals surface area contributed by atoms with Crippen LogP contribution < -0.4 is 10.5 Å². The van der Waals surface area contributed by atoms with Gasteiger partial charge in [-0.25, -0.2) is 8.78 Å². The first kappa shape index (κ1) is 16.2. The van der Waals surface area contributed by atoms with Gasteiger partial charge in [-0.2, -0.15) is 0 Å². The third-order valence-electron chi connectivity index (χ3n) is 3.16. The van der Waals surface area contributed by atoms with Crippen molar-refractivity contribution in [2.45, 2.75) is 12.5 Å². The van der Waals surface area contributed by atoms with Crippen LogP contribution in [-0.4, -0.2) is 7.11 Å². The smallest absolute Gasteiger partial charge is 0.143 e. The second kappa shape index (κ2) is 6.73. The Morgan fingerprint density at radius 3 is 2.67 bits per heavy atom. The van der Waals surface area contributed by atoms with Crippen LogP contribution in [0.15, 0.2) is 34.8 Å². The molecule has 0 radical (unpaired) electrons. The molecule has 1 unspecified atom stereocenters. The van der Waals surface area contributed by atoms with E-state index in [9.17, 15) is 8.78 Å². The van der Waals surface area contributed by atoms with Gasteiger partial charge in [-0.15, -0.1) is 0 Å². The lowest BCUT2D eigenvalue weighted by Crippen LogP contribution is -2.16. The second-order valence-corrected chi connectivity index (χ2v) is 5.81. The fourth-order valence-corrected chi connectivity index (χ4v) is 2.61.